The minimum Gasteiger partial charge on any atom is -0.497 e. The number of ether oxygens (including phenoxy) is 3. The number of nitrogens with zero attached hydrogens (tertiary/aromatic N) is 3. The van der Waals surface area contributed by atoms with Crippen LogP contribution in [0.3, 0.4) is 0 Å². The van der Waals surface area contributed by atoms with Crippen molar-refractivity contribution in [1.82, 2.24) is 20.2 Å². The molecule has 10 heteroatoms. The van der Waals surface area contributed by atoms with Crippen LogP contribution in [0.1, 0.15) is 98.1 Å². The van der Waals surface area contributed by atoms with Crippen LogP contribution in [-0.4, -0.2) is 70.6 Å². The molecular formula is C37H52N4O6. The quantitative estimate of drug-likeness (QED) is 0.414. The van der Waals surface area contributed by atoms with Gasteiger partial charge in [0.25, 0.3) is 0 Å². The van der Waals surface area contributed by atoms with Crippen LogP contribution in [0.25, 0.3) is 11.0 Å². The van der Waals surface area contributed by atoms with E-state index in [1.807, 2.05) is 45.9 Å². The molecule has 4 bridgehead atoms. The average molecular weight is 649 g/mol. The van der Waals surface area contributed by atoms with Crippen molar-refractivity contribution in [2.45, 2.75) is 123 Å². The van der Waals surface area contributed by atoms with Gasteiger partial charge in [-0.1, -0.05) is 47.0 Å². The predicted molar refractivity (Wildman–Crippen MR) is 178 cm³/mol. The van der Waals surface area contributed by atoms with E-state index in [1.54, 1.807) is 12.0 Å². The first-order valence-corrected chi connectivity index (χ1v) is 17.8. The lowest BCUT2D eigenvalue weighted by Crippen LogP contribution is -2.58. The van der Waals surface area contributed by atoms with Crippen molar-refractivity contribution in [3.8, 4) is 11.6 Å². The van der Waals surface area contributed by atoms with Crippen LogP contribution in [0.15, 0.2) is 18.2 Å². The van der Waals surface area contributed by atoms with E-state index >= 15 is 0 Å². The zero-order chi connectivity index (χ0) is 33.5. The molecule has 10 nitrogen and oxygen atoms in total. The van der Waals surface area contributed by atoms with Crippen LogP contribution >= 0.6 is 0 Å². The number of methoxy groups -OCH3 is 1. The van der Waals surface area contributed by atoms with E-state index in [1.165, 1.54) is 6.92 Å². The highest BCUT2D eigenvalue weighted by atomic mass is 16.6. The van der Waals surface area contributed by atoms with Gasteiger partial charge in [-0.05, 0) is 87.2 Å². The average Bonchev–Trinajstić information content (AvgIpc) is 3.38. The van der Waals surface area contributed by atoms with Crippen LogP contribution in [0.5, 0.6) is 11.6 Å². The summed E-state index contributed by atoms with van der Waals surface area (Å²) in [6.45, 7) is 9.55. The highest BCUT2D eigenvalue weighted by Crippen LogP contribution is 2.51. The summed E-state index contributed by atoms with van der Waals surface area (Å²) >= 11 is 0. The van der Waals surface area contributed by atoms with Gasteiger partial charge in [-0.3, -0.25) is 9.59 Å². The highest BCUT2D eigenvalue weighted by Gasteiger charge is 2.51. The summed E-state index contributed by atoms with van der Waals surface area (Å²) in [6, 6.07) is 4.09. The fraction of sp³-hybridized carbons (Fsp3) is 0.703. The molecule has 3 aliphatic carbocycles. The molecule has 1 aromatic heterocycles. The van der Waals surface area contributed by atoms with Crippen molar-refractivity contribution < 1.29 is 28.6 Å². The Morgan fingerprint density at radius 3 is 2.47 bits per heavy atom. The van der Waals surface area contributed by atoms with E-state index in [0.29, 0.717) is 35.4 Å². The smallest absolute Gasteiger partial charge is 0.408 e. The van der Waals surface area contributed by atoms with E-state index in [-0.39, 0.29) is 30.3 Å². The first kappa shape index (κ1) is 33.5. The molecule has 1 aromatic carbocycles. The zero-order valence-corrected chi connectivity index (χ0v) is 28.9. The minimum atomic E-state index is -0.880. The first-order valence-electron chi connectivity index (χ1n) is 17.8. The molecule has 7 rings (SSSR count). The molecule has 5 aliphatic rings. The lowest BCUT2D eigenvalue weighted by molar-refractivity contribution is -0.141. The molecule has 4 fully saturated rings. The second kappa shape index (κ2) is 13.6. The summed E-state index contributed by atoms with van der Waals surface area (Å²) in [6.07, 6.45) is 8.76. The van der Waals surface area contributed by atoms with Crippen molar-refractivity contribution in [3.05, 3.63) is 23.9 Å². The molecule has 0 spiro atoms. The summed E-state index contributed by atoms with van der Waals surface area (Å²) in [4.78, 5) is 52.8. The minimum absolute atomic E-state index is 0.104. The van der Waals surface area contributed by atoms with Crippen LogP contribution < -0.4 is 14.8 Å². The molecule has 0 unspecified atom stereocenters. The molecule has 47 heavy (non-hydrogen) atoms. The molecule has 3 saturated carbocycles. The molecule has 2 amide bonds. The van der Waals surface area contributed by atoms with Gasteiger partial charge < -0.3 is 24.4 Å². The maximum Gasteiger partial charge on any atom is 0.408 e. The number of carbonyl (C=O) groups is 3. The number of ketones is 1. The number of aryl methyl sites for hydroxylation is 1. The van der Waals surface area contributed by atoms with E-state index in [0.717, 1.165) is 74.9 Å². The molecule has 1 N–H and O–H groups in total. The van der Waals surface area contributed by atoms with Crippen molar-refractivity contribution in [1.29, 1.82) is 0 Å². The van der Waals surface area contributed by atoms with Gasteiger partial charge in [0.05, 0.1) is 30.7 Å². The number of hydrogen-bond acceptors (Lipinski definition) is 8. The summed E-state index contributed by atoms with van der Waals surface area (Å²) in [7, 11) is 1.62. The van der Waals surface area contributed by atoms with Gasteiger partial charge in [0.1, 0.15) is 29.7 Å². The Bertz CT molecular complexity index is 1480. The lowest BCUT2D eigenvalue weighted by atomic mass is 9.59. The molecule has 0 radical (unpaired) electrons. The first-order chi connectivity index (χ1) is 22.5. The van der Waals surface area contributed by atoms with E-state index in [2.05, 4.69) is 5.32 Å². The summed E-state index contributed by atoms with van der Waals surface area (Å²) < 4.78 is 18.4. The molecule has 6 atom stereocenters. The summed E-state index contributed by atoms with van der Waals surface area (Å²) in [5.41, 5.74) is 1.61. The van der Waals surface area contributed by atoms with Crippen molar-refractivity contribution >= 4 is 28.8 Å². The maximum atomic E-state index is 14.5. The molecule has 2 aromatic rings. The van der Waals surface area contributed by atoms with E-state index < -0.39 is 29.7 Å². The lowest BCUT2D eigenvalue weighted by Gasteiger charge is -2.50. The second-order valence-electron chi connectivity index (χ2n) is 15.5. The van der Waals surface area contributed by atoms with Gasteiger partial charge in [-0.25, -0.2) is 14.8 Å². The van der Waals surface area contributed by atoms with Crippen molar-refractivity contribution in [2.24, 2.45) is 29.1 Å². The highest BCUT2D eigenvalue weighted by molar-refractivity contribution is 5.92. The molecule has 2 aliphatic heterocycles. The van der Waals surface area contributed by atoms with Crippen molar-refractivity contribution in [3.63, 3.8) is 0 Å². The predicted octanol–water partition coefficient (Wildman–Crippen LogP) is 6.27. The SMILES string of the molecule is CC[C@@H]1[C@@H]2CN(C(=O)[C@H](C(C)(C)C)NC(=O)O[C@@H]3C4CC(C4)C[C@H]3CCCCCCc3nc4ccc(OC)cc4nc3O2)[C@@H]1C(C)=O. The summed E-state index contributed by atoms with van der Waals surface area (Å²) in [5.74, 6) is 1.96. The third-order valence-electron chi connectivity index (χ3n) is 11.1. The number of carbonyl (C=O) groups excluding carboxylic acids is 3. The normalized spacial score (nSPS) is 31.9. The number of hydrogen-bond donors (Lipinski definition) is 1. The second-order valence-corrected chi connectivity index (χ2v) is 15.5. The fourth-order valence-electron chi connectivity index (χ4n) is 8.63. The van der Waals surface area contributed by atoms with Crippen LogP contribution in [0.4, 0.5) is 4.79 Å². The van der Waals surface area contributed by atoms with E-state index in [9.17, 15) is 14.4 Å². The number of Topliss-reactive ketones (excluding diaryl/α,β-unsaturated/α-hetero) is 1. The standard InChI is InChI=1S/C37H52N4O6/c1-7-26-30-20-41(31(26)21(2)42)35(43)33(37(3,4)5)40-36(44)47-32-23(16-22-17-24(32)18-22)12-10-8-9-11-13-28-34(46-30)39-29-19-25(45-6)14-15-27(29)38-28/h14-15,19,22-24,26,30-33H,7-13,16-18,20H2,1-6H3,(H,40,44)/t22?,23-,24?,26-,30+,31-,32+,33-/m1/s1. The van der Waals surface area contributed by atoms with Crippen molar-refractivity contribution in [2.75, 3.05) is 13.7 Å². The number of benzene rings is 1. The van der Waals surface area contributed by atoms with Gasteiger partial charge >= 0.3 is 6.09 Å². The Hall–Kier alpha value is -3.43. The number of nitrogens with one attached hydrogen (secondary N) is 1. The molecular weight excluding hydrogens is 596 g/mol. The zero-order valence-electron chi connectivity index (χ0n) is 28.9. The Morgan fingerprint density at radius 1 is 1.02 bits per heavy atom. The number of aromatic nitrogens is 2. The Morgan fingerprint density at radius 2 is 1.77 bits per heavy atom. The Kier molecular flexibility index (Phi) is 9.68. The van der Waals surface area contributed by atoms with Gasteiger partial charge in [0, 0.05) is 12.0 Å². The molecule has 3 heterocycles. The topological polar surface area (TPSA) is 120 Å². The van der Waals surface area contributed by atoms with Gasteiger partial charge in [0.2, 0.25) is 11.8 Å². The maximum absolute atomic E-state index is 14.5. The third-order valence-corrected chi connectivity index (χ3v) is 11.1. The van der Waals surface area contributed by atoms with Gasteiger partial charge in [0.15, 0.2) is 5.78 Å². The number of fused-ring (bicyclic) bond motifs is 4. The monoisotopic (exact) mass is 648 g/mol. The number of alkyl carbamates (subject to hydrolysis) is 1. The number of rotatable bonds is 3. The third kappa shape index (κ3) is 6.93. The fourth-order valence-corrected chi connectivity index (χ4v) is 8.63. The largest absolute Gasteiger partial charge is 0.497 e. The van der Waals surface area contributed by atoms with Gasteiger partial charge in [-0.2, -0.15) is 0 Å². The van der Waals surface area contributed by atoms with Gasteiger partial charge in [-0.15, -0.1) is 0 Å². The Labute approximate surface area is 278 Å². The number of amides is 2. The van der Waals surface area contributed by atoms with E-state index in [4.69, 9.17) is 24.2 Å². The van der Waals surface area contributed by atoms with Crippen LogP contribution in [0.2, 0.25) is 0 Å². The van der Waals surface area contributed by atoms with Crippen LogP contribution in [-0.2, 0) is 20.7 Å². The summed E-state index contributed by atoms with van der Waals surface area (Å²) in [5, 5.41) is 2.97. The molecule has 1 saturated heterocycles. The Balaban J connectivity index is 1.36. The molecule has 256 valence electrons. The van der Waals surface area contributed by atoms with Crippen LogP contribution in [0, 0.1) is 29.1 Å².